The zero-order valence-corrected chi connectivity index (χ0v) is 12.1. The number of hydrogen-bond donors (Lipinski definition) is 1. The second-order valence-corrected chi connectivity index (χ2v) is 5.59. The quantitative estimate of drug-likeness (QED) is 0.827. The lowest BCUT2D eigenvalue weighted by Gasteiger charge is -2.25. The second-order valence-electron chi connectivity index (χ2n) is 5.18. The summed E-state index contributed by atoms with van der Waals surface area (Å²) in [5.74, 6) is 0.0760. The van der Waals surface area contributed by atoms with Crippen LogP contribution in [0.15, 0.2) is 42.5 Å². The SMILES string of the molecule is Cc1ccc(C(=O)C2CCNc3ccccc32)cc1Cl. The first-order chi connectivity index (χ1) is 9.66. The number of aryl methyl sites for hydroxylation is 1. The van der Waals surface area contributed by atoms with Gasteiger partial charge in [0.25, 0.3) is 0 Å². The highest BCUT2D eigenvalue weighted by Crippen LogP contribution is 2.34. The highest BCUT2D eigenvalue weighted by atomic mass is 35.5. The van der Waals surface area contributed by atoms with Gasteiger partial charge in [0.05, 0.1) is 5.92 Å². The van der Waals surface area contributed by atoms with E-state index in [0.29, 0.717) is 10.6 Å². The second kappa shape index (κ2) is 5.29. The zero-order chi connectivity index (χ0) is 14.1. The van der Waals surface area contributed by atoms with E-state index in [9.17, 15) is 4.79 Å². The molecule has 0 amide bonds. The summed E-state index contributed by atoms with van der Waals surface area (Å²) in [6.07, 6.45) is 0.821. The third-order valence-electron chi connectivity index (χ3n) is 3.86. The lowest BCUT2D eigenvalue weighted by molar-refractivity contribution is 0.0955. The van der Waals surface area contributed by atoms with Crippen LogP contribution in [0.5, 0.6) is 0 Å². The number of nitrogens with one attached hydrogen (secondary N) is 1. The van der Waals surface area contributed by atoms with E-state index in [2.05, 4.69) is 5.32 Å². The van der Waals surface area contributed by atoms with Crippen LogP contribution in [0, 0.1) is 6.92 Å². The fourth-order valence-electron chi connectivity index (χ4n) is 2.69. The van der Waals surface area contributed by atoms with Crippen molar-refractivity contribution in [3.8, 4) is 0 Å². The molecule has 0 spiro atoms. The normalized spacial score (nSPS) is 17.2. The first kappa shape index (κ1) is 13.2. The minimum atomic E-state index is -0.0776. The molecule has 0 fully saturated rings. The van der Waals surface area contributed by atoms with Crippen LogP contribution in [-0.4, -0.2) is 12.3 Å². The Hall–Kier alpha value is -1.80. The van der Waals surface area contributed by atoms with E-state index in [4.69, 9.17) is 11.6 Å². The van der Waals surface area contributed by atoms with Gasteiger partial charge in [-0.05, 0) is 36.6 Å². The highest BCUT2D eigenvalue weighted by molar-refractivity contribution is 6.31. The fourth-order valence-corrected chi connectivity index (χ4v) is 2.87. The molecule has 1 heterocycles. The molecular formula is C17H16ClNO. The summed E-state index contributed by atoms with van der Waals surface area (Å²) >= 11 is 6.13. The summed E-state index contributed by atoms with van der Waals surface area (Å²) in [4.78, 5) is 12.7. The summed E-state index contributed by atoms with van der Waals surface area (Å²) in [5.41, 5.74) is 3.84. The van der Waals surface area contributed by atoms with Crippen molar-refractivity contribution in [2.75, 3.05) is 11.9 Å². The van der Waals surface area contributed by atoms with Gasteiger partial charge in [0.15, 0.2) is 5.78 Å². The van der Waals surface area contributed by atoms with Crippen LogP contribution in [-0.2, 0) is 0 Å². The predicted octanol–water partition coefficient (Wildman–Crippen LogP) is 4.43. The standard InChI is InChI=1S/C17H16ClNO/c1-11-6-7-12(10-15(11)18)17(20)14-8-9-19-16-5-3-2-4-13(14)16/h2-7,10,14,19H,8-9H2,1H3. The largest absolute Gasteiger partial charge is 0.385 e. The Labute approximate surface area is 123 Å². The summed E-state index contributed by atoms with van der Waals surface area (Å²) in [7, 11) is 0. The number of anilines is 1. The molecule has 1 aliphatic heterocycles. The fraction of sp³-hybridized carbons (Fsp3) is 0.235. The van der Waals surface area contributed by atoms with Gasteiger partial charge >= 0.3 is 0 Å². The lowest BCUT2D eigenvalue weighted by atomic mass is 9.85. The Morgan fingerprint density at radius 2 is 2.05 bits per heavy atom. The van der Waals surface area contributed by atoms with Gasteiger partial charge in [-0.2, -0.15) is 0 Å². The average molecular weight is 286 g/mol. The number of benzene rings is 2. The van der Waals surface area contributed by atoms with Crippen LogP contribution in [0.4, 0.5) is 5.69 Å². The summed E-state index contributed by atoms with van der Waals surface area (Å²) in [6, 6.07) is 13.6. The van der Waals surface area contributed by atoms with Crippen molar-refractivity contribution < 1.29 is 4.79 Å². The number of hydrogen-bond acceptors (Lipinski definition) is 2. The maximum absolute atomic E-state index is 12.7. The lowest BCUT2D eigenvalue weighted by Crippen LogP contribution is -2.23. The van der Waals surface area contributed by atoms with E-state index in [0.717, 1.165) is 29.8 Å². The molecule has 2 nitrogen and oxygen atoms in total. The Morgan fingerprint density at radius 3 is 2.85 bits per heavy atom. The summed E-state index contributed by atoms with van der Waals surface area (Å²) < 4.78 is 0. The predicted molar refractivity (Wildman–Crippen MR) is 82.8 cm³/mol. The molecule has 1 aliphatic rings. The first-order valence-corrected chi connectivity index (χ1v) is 7.18. The number of para-hydroxylation sites is 1. The molecule has 2 aromatic rings. The van der Waals surface area contributed by atoms with Crippen molar-refractivity contribution in [2.24, 2.45) is 0 Å². The molecule has 3 rings (SSSR count). The Kier molecular flexibility index (Phi) is 3.49. The van der Waals surface area contributed by atoms with Crippen LogP contribution in [0.25, 0.3) is 0 Å². The zero-order valence-electron chi connectivity index (χ0n) is 11.3. The molecule has 0 saturated heterocycles. The van der Waals surface area contributed by atoms with Crippen molar-refractivity contribution in [1.29, 1.82) is 0 Å². The number of carbonyl (C=O) groups excluding carboxylic acids is 1. The van der Waals surface area contributed by atoms with Crippen molar-refractivity contribution in [3.05, 3.63) is 64.2 Å². The third kappa shape index (κ3) is 2.32. The summed E-state index contributed by atoms with van der Waals surface area (Å²) in [6.45, 7) is 2.77. The van der Waals surface area contributed by atoms with Gasteiger partial charge in [-0.25, -0.2) is 0 Å². The van der Waals surface area contributed by atoms with Crippen LogP contribution < -0.4 is 5.32 Å². The minimum absolute atomic E-state index is 0.0776. The average Bonchev–Trinajstić information content (AvgIpc) is 2.49. The molecule has 0 radical (unpaired) electrons. The number of halogens is 1. The molecule has 0 saturated carbocycles. The van der Waals surface area contributed by atoms with Gasteiger partial charge in [0, 0.05) is 22.8 Å². The Balaban J connectivity index is 1.97. The van der Waals surface area contributed by atoms with Crippen molar-refractivity contribution >= 4 is 23.1 Å². The number of ketones is 1. The number of fused-ring (bicyclic) bond motifs is 1. The van der Waals surface area contributed by atoms with Crippen molar-refractivity contribution in [3.63, 3.8) is 0 Å². The number of Topliss-reactive ketones (excluding diaryl/α,β-unsaturated/α-hetero) is 1. The van der Waals surface area contributed by atoms with Crippen LogP contribution >= 0.6 is 11.6 Å². The van der Waals surface area contributed by atoms with Gasteiger partial charge in [-0.1, -0.05) is 41.9 Å². The van der Waals surface area contributed by atoms with Crippen LogP contribution in [0.1, 0.15) is 33.8 Å². The van der Waals surface area contributed by atoms with Gasteiger partial charge in [0.2, 0.25) is 0 Å². The molecule has 0 bridgehead atoms. The minimum Gasteiger partial charge on any atom is -0.385 e. The number of carbonyl (C=O) groups is 1. The first-order valence-electron chi connectivity index (χ1n) is 6.80. The maximum atomic E-state index is 12.7. The Bertz CT molecular complexity index is 666. The molecule has 1 atom stereocenters. The molecule has 3 heteroatoms. The molecule has 2 aromatic carbocycles. The van der Waals surface area contributed by atoms with E-state index >= 15 is 0 Å². The number of rotatable bonds is 2. The summed E-state index contributed by atoms with van der Waals surface area (Å²) in [5, 5.41) is 3.99. The van der Waals surface area contributed by atoms with E-state index in [1.165, 1.54) is 0 Å². The third-order valence-corrected chi connectivity index (χ3v) is 4.26. The molecule has 0 aliphatic carbocycles. The van der Waals surface area contributed by atoms with E-state index in [1.54, 1.807) is 6.07 Å². The van der Waals surface area contributed by atoms with Gasteiger partial charge < -0.3 is 5.32 Å². The topological polar surface area (TPSA) is 29.1 Å². The van der Waals surface area contributed by atoms with E-state index in [1.807, 2.05) is 43.3 Å². The molecule has 1 N–H and O–H groups in total. The van der Waals surface area contributed by atoms with Crippen molar-refractivity contribution in [2.45, 2.75) is 19.3 Å². The Morgan fingerprint density at radius 1 is 1.25 bits per heavy atom. The maximum Gasteiger partial charge on any atom is 0.170 e. The molecule has 20 heavy (non-hydrogen) atoms. The molecule has 0 aromatic heterocycles. The van der Waals surface area contributed by atoms with Gasteiger partial charge in [-0.3, -0.25) is 4.79 Å². The highest BCUT2D eigenvalue weighted by Gasteiger charge is 2.27. The van der Waals surface area contributed by atoms with E-state index in [-0.39, 0.29) is 11.7 Å². The van der Waals surface area contributed by atoms with Crippen molar-refractivity contribution in [1.82, 2.24) is 0 Å². The smallest absolute Gasteiger partial charge is 0.170 e. The molecular weight excluding hydrogens is 270 g/mol. The van der Waals surface area contributed by atoms with Gasteiger partial charge in [-0.15, -0.1) is 0 Å². The monoisotopic (exact) mass is 285 g/mol. The molecule has 102 valence electrons. The van der Waals surface area contributed by atoms with E-state index < -0.39 is 0 Å². The van der Waals surface area contributed by atoms with Crippen LogP contribution in [0.3, 0.4) is 0 Å². The van der Waals surface area contributed by atoms with Gasteiger partial charge in [0.1, 0.15) is 0 Å². The molecule has 1 unspecified atom stereocenters. The van der Waals surface area contributed by atoms with Crippen LogP contribution in [0.2, 0.25) is 5.02 Å².